The summed E-state index contributed by atoms with van der Waals surface area (Å²) in [5.41, 5.74) is 0.417. The van der Waals surface area contributed by atoms with Gasteiger partial charge in [0.1, 0.15) is 28.6 Å². The average molecular weight is 498 g/mol. The summed E-state index contributed by atoms with van der Waals surface area (Å²) in [5, 5.41) is 11.2. The van der Waals surface area contributed by atoms with E-state index in [1.807, 2.05) is 6.92 Å². The van der Waals surface area contributed by atoms with Crippen molar-refractivity contribution in [2.24, 2.45) is 10.2 Å². The highest BCUT2D eigenvalue weighted by Crippen LogP contribution is 2.41. The lowest BCUT2D eigenvalue weighted by atomic mass is 10.2. The lowest BCUT2D eigenvalue weighted by Crippen LogP contribution is -2.32. The molecule has 33 heavy (non-hydrogen) atoms. The standard InChI is InChI=1S/C22H25Cl2N3O6/c1-6-32-17-11-15(18(33-7-2)10-14(17)24)26-27-19(12(3)28)22(29)25-20-16(30-4)9-8-13(23)21(20)31-5/h8-11,19H,6-7H2,1-5H3,(H,25,29). The van der Waals surface area contributed by atoms with Gasteiger partial charge >= 0.3 is 0 Å². The Hall–Kier alpha value is -3.04. The Morgan fingerprint density at radius 2 is 1.64 bits per heavy atom. The number of hydrogen-bond acceptors (Lipinski definition) is 8. The molecule has 0 bridgehead atoms. The molecule has 0 aliphatic carbocycles. The molecule has 178 valence electrons. The summed E-state index contributed by atoms with van der Waals surface area (Å²) < 4.78 is 21.6. The number of rotatable bonds is 11. The van der Waals surface area contributed by atoms with E-state index in [2.05, 4.69) is 15.5 Å². The molecule has 1 N–H and O–H groups in total. The lowest BCUT2D eigenvalue weighted by Gasteiger charge is -2.16. The molecule has 0 spiro atoms. The van der Waals surface area contributed by atoms with Crippen molar-refractivity contribution in [3.8, 4) is 23.0 Å². The van der Waals surface area contributed by atoms with Gasteiger partial charge in [-0.25, -0.2) is 0 Å². The van der Waals surface area contributed by atoms with E-state index in [1.54, 1.807) is 19.1 Å². The summed E-state index contributed by atoms with van der Waals surface area (Å²) in [6.45, 7) is 5.56. The van der Waals surface area contributed by atoms with Gasteiger partial charge in [0, 0.05) is 12.1 Å². The topological polar surface area (TPSA) is 108 Å². The number of halogens is 2. The Bertz CT molecular complexity index is 1050. The SMILES string of the molecule is CCOc1cc(N=NC(C(C)=O)C(=O)Nc2c(OC)ccc(Cl)c2OC)c(OCC)cc1Cl. The van der Waals surface area contributed by atoms with Gasteiger partial charge in [0.2, 0.25) is 6.04 Å². The van der Waals surface area contributed by atoms with E-state index in [0.29, 0.717) is 35.5 Å². The third-order valence-corrected chi connectivity index (χ3v) is 4.86. The van der Waals surface area contributed by atoms with Crippen LogP contribution in [-0.2, 0) is 9.59 Å². The molecule has 11 heteroatoms. The number of Topliss-reactive ketones (excluding diaryl/α,β-unsaturated/α-hetero) is 1. The minimum absolute atomic E-state index is 0.166. The van der Waals surface area contributed by atoms with Gasteiger partial charge in [0.15, 0.2) is 11.5 Å². The van der Waals surface area contributed by atoms with Crippen molar-refractivity contribution in [2.45, 2.75) is 26.8 Å². The Labute approximate surface area is 202 Å². The van der Waals surface area contributed by atoms with E-state index >= 15 is 0 Å². The summed E-state index contributed by atoms with van der Waals surface area (Å²) >= 11 is 12.4. The molecule has 1 amide bonds. The maximum absolute atomic E-state index is 12.9. The number of nitrogens with one attached hydrogen (secondary N) is 1. The monoisotopic (exact) mass is 497 g/mol. The minimum atomic E-state index is -1.46. The van der Waals surface area contributed by atoms with E-state index in [-0.39, 0.29) is 22.1 Å². The predicted molar refractivity (Wildman–Crippen MR) is 126 cm³/mol. The van der Waals surface area contributed by atoms with Gasteiger partial charge in [-0.05, 0) is 32.9 Å². The van der Waals surface area contributed by atoms with E-state index in [0.717, 1.165) is 0 Å². The summed E-state index contributed by atoms with van der Waals surface area (Å²) in [7, 11) is 2.82. The fourth-order valence-electron chi connectivity index (χ4n) is 2.80. The molecule has 9 nitrogen and oxygen atoms in total. The van der Waals surface area contributed by atoms with Crippen LogP contribution in [0.25, 0.3) is 0 Å². The number of ketones is 1. The molecule has 2 aromatic rings. The van der Waals surface area contributed by atoms with Crippen LogP contribution in [0.1, 0.15) is 20.8 Å². The molecule has 2 rings (SSSR count). The first-order valence-electron chi connectivity index (χ1n) is 9.99. The normalized spacial score (nSPS) is 11.7. The second kappa shape index (κ2) is 12.3. The van der Waals surface area contributed by atoms with Crippen molar-refractivity contribution in [1.29, 1.82) is 0 Å². The number of carbonyl (C=O) groups excluding carboxylic acids is 2. The number of amides is 1. The molecule has 0 saturated carbocycles. The second-order valence-corrected chi connectivity index (χ2v) is 7.31. The number of anilines is 1. The molecular weight excluding hydrogens is 473 g/mol. The first-order valence-corrected chi connectivity index (χ1v) is 10.7. The van der Waals surface area contributed by atoms with Crippen LogP contribution in [0.2, 0.25) is 10.0 Å². The van der Waals surface area contributed by atoms with Gasteiger partial charge < -0.3 is 24.3 Å². The van der Waals surface area contributed by atoms with Crippen molar-refractivity contribution in [3.63, 3.8) is 0 Å². The van der Waals surface area contributed by atoms with E-state index in [9.17, 15) is 9.59 Å². The lowest BCUT2D eigenvalue weighted by molar-refractivity contribution is -0.126. The highest BCUT2D eigenvalue weighted by atomic mass is 35.5. The highest BCUT2D eigenvalue weighted by Gasteiger charge is 2.26. The molecule has 0 fully saturated rings. The summed E-state index contributed by atoms with van der Waals surface area (Å²) in [6, 6.07) is 4.72. The molecule has 0 radical (unpaired) electrons. The van der Waals surface area contributed by atoms with Gasteiger partial charge in [0.05, 0.1) is 37.5 Å². The molecule has 0 aliphatic rings. The van der Waals surface area contributed by atoms with Crippen molar-refractivity contribution >= 4 is 46.3 Å². The number of benzene rings is 2. The van der Waals surface area contributed by atoms with Crippen LogP contribution in [0.4, 0.5) is 11.4 Å². The fourth-order valence-corrected chi connectivity index (χ4v) is 3.24. The molecule has 1 atom stereocenters. The quantitative estimate of drug-likeness (QED) is 0.324. The minimum Gasteiger partial charge on any atom is -0.494 e. The maximum atomic E-state index is 12.9. The van der Waals surface area contributed by atoms with Crippen molar-refractivity contribution in [1.82, 2.24) is 0 Å². The third kappa shape index (κ3) is 6.49. The molecular formula is C22H25Cl2N3O6. The van der Waals surface area contributed by atoms with Gasteiger partial charge in [-0.3, -0.25) is 9.59 Å². The number of nitrogens with zero attached hydrogens (tertiary/aromatic N) is 2. The van der Waals surface area contributed by atoms with E-state index < -0.39 is 17.7 Å². The zero-order valence-corrected chi connectivity index (χ0v) is 20.4. The second-order valence-electron chi connectivity index (χ2n) is 6.49. The third-order valence-electron chi connectivity index (χ3n) is 4.27. The molecule has 2 aromatic carbocycles. The number of methoxy groups -OCH3 is 2. The van der Waals surface area contributed by atoms with Gasteiger partial charge in [-0.2, -0.15) is 10.2 Å². The van der Waals surface area contributed by atoms with E-state index in [1.165, 1.54) is 33.3 Å². The zero-order valence-electron chi connectivity index (χ0n) is 18.9. The Morgan fingerprint density at radius 3 is 2.21 bits per heavy atom. The first kappa shape index (κ1) is 26.2. The van der Waals surface area contributed by atoms with Crippen molar-refractivity contribution in [2.75, 3.05) is 32.8 Å². The summed E-state index contributed by atoms with van der Waals surface area (Å²) in [6.07, 6.45) is 0. The number of ether oxygens (including phenoxy) is 4. The molecule has 0 aliphatic heterocycles. The van der Waals surface area contributed by atoms with Gasteiger partial charge in [-0.15, -0.1) is 0 Å². The fraction of sp³-hybridized carbons (Fsp3) is 0.364. The van der Waals surface area contributed by atoms with Crippen LogP contribution in [0.3, 0.4) is 0 Å². The van der Waals surface area contributed by atoms with Crippen LogP contribution in [0.5, 0.6) is 23.0 Å². The van der Waals surface area contributed by atoms with Gasteiger partial charge in [-0.1, -0.05) is 23.2 Å². The average Bonchev–Trinajstić information content (AvgIpc) is 2.77. The molecule has 0 saturated heterocycles. The largest absolute Gasteiger partial charge is 0.494 e. The summed E-state index contributed by atoms with van der Waals surface area (Å²) in [5.74, 6) is -0.109. The van der Waals surface area contributed by atoms with Crippen LogP contribution in [0.15, 0.2) is 34.5 Å². The smallest absolute Gasteiger partial charge is 0.259 e. The Kier molecular flexibility index (Phi) is 9.74. The van der Waals surface area contributed by atoms with E-state index in [4.69, 9.17) is 42.1 Å². The summed E-state index contributed by atoms with van der Waals surface area (Å²) in [4.78, 5) is 25.2. The van der Waals surface area contributed by atoms with Gasteiger partial charge in [0.25, 0.3) is 5.91 Å². The number of azo groups is 1. The number of carbonyl (C=O) groups is 2. The molecule has 0 heterocycles. The maximum Gasteiger partial charge on any atom is 0.259 e. The van der Waals surface area contributed by atoms with Crippen LogP contribution in [0, 0.1) is 0 Å². The zero-order chi connectivity index (χ0) is 24.5. The predicted octanol–water partition coefficient (Wildman–Crippen LogP) is 5.49. The Morgan fingerprint density at radius 1 is 0.970 bits per heavy atom. The molecule has 1 unspecified atom stereocenters. The number of hydrogen-bond donors (Lipinski definition) is 1. The van der Waals surface area contributed by atoms with Crippen LogP contribution < -0.4 is 24.3 Å². The molecule has 0 aromatic heterocycles. The Balaban J connectivity index is 2.41. The first-order chi connectivity index (χ1) is 15.8. The van der Waals surface area contributed by atoms with Crippen molar-refractivity contribution < 1.29 is 28.5 Å². The van der Waals surface area contributed by atoms with Crippen molar-refractivity contribution in [3.05, 3.63) is 34.3 Å². The van der Waals surface area contributed by atoms with Crippen LogP contribution >= 0.6 is 23.2 Å². The highest BCUT2D eigenvalue weighted by molar-refractivity contribution is 6.33. The van der Waals surface area contributed by atoms with Crippen LogP contribution in [-0.4, -0.2) is 45.2 Å².